The molecule has 0 aliphatic carbocycles. The van der Waals surface area contributed by atoms with Crippen LogP contribution in [0.1, 0.15) is 25.8 Å². The van der Waals surface area contributed by atoms with Gasteiger partial charge in [0.2, 0.25) is 11.8 Å². The summed E-state index contributed by atoms with van der Waals surface area (Å²) in [4.78, 5) is 25.6. The Morgan fingerprint density at radius 1 is 1.33 bits per heavy atom. The lowest BCUT2D eigenvalue weighted by Crippen LogP contribution is -2.43. The Balaban J connectivity index is 2.38. The Bertz CT molecular complexity index is 471. The van der Waals surface area contributed by atoms with Crippen LogP contribution < -0.4 is 0 Å². The van der Waals surface area contributed by atoms with Crippen molar-refractivity contribution >= 4 is 11.8 Å². The average Bonchev–Trinajstić information content (AvgIpc) is 2.61. The zero-order valence-electron chi connectivity index (χ0n) is 10.6. The maximum absolute atomic E-state index is 12.4. The standard InChI is InChI=1S/C14H17NO3/c1-10(9-16)15-12(17)8-14(2,13(15)18)11-6-4-3-5-7-11/h3-7,10,16H,8-9H2,1-2H3/t10-,14?/m1/s1. The summed E-state index contributed by atoms with van der Waals surface area (Å²) >= 11 is 0. The molecule has 2 amide bonds. The molecule has 1 aliphatic heterocycles. The van der Waals surface area contributed by atoms with Gasteiger partial charge in [-0.1, -0.05) is 30.3 Å². The Morgan fingerprint density at radius 3 is 2.50 bits per heavy atom. The SMILES string of the molecule is C[C@H](CO)N1C(=O)CC(C)(c2ccccc2)C1=O. The van der Waals surface area contributed by atoms with E-state index in [1.165, 1.54) is 4.90 Å². The van der Waals surface area contributed by atoms with Crippen molar-refractivity contribution in [1.29, 1.82) is 0 Å². The molecular formula is C14H17NO3. The molecule has 0 saturated carbocycles. The lowest BCUT2D eigenvalue weighted by molar-refractivity contribution is -0.143. The van der Waals surface area contributed by atoms with E-state index < -0.39 is 11.5 Å². The molecule has 1 heterocycles. The predicted octanol–water partition coefficient (Wildman–Crippen LogP) is 1.08. The maximum atomic E-state index is 12.4. The minimum atomic E-state index is -0.804. The number of aliphatic hydroxyl groups excluding tert-OH is 1. The Hall–Kier alpha value is -1.68. The molecule has 1 saturated heterocycles. The van der Waals surface area contributed by atoms with Gasteiger partial charge in [-0.25, -0.2) is 0 Å². The number of aliphatic hydroxyl groups is 1. The van der Waals surface area contributed by atoms with Gasteiger partial charge in [0.1, 0.15) is 0 Å². The molecular weight excluding hydrogens is 230 g/mol. The normalized spacial score (nSPS) is 25.6. The van der Waals surface area contributed by atoms with E-state index in [1.807, 2.05) is 30.3 Å². The van der Waals surface area contributed by atoms with Crippen molar-refractivity contribution in [2.45, 2.75) is 31.7 Å². The molecule has 1 unspecified atom stereocenters. The van der Waals surface area contributed by atoms with E-state index in [0.29, 0.717) is 0 Å². The van der Waals surface area contributed by atoms with Crippen LogP contribution in [0.3, 0.4) is 0 Å². The van der Waals surface area contributed by atoms with Crippen LogP contribution in [0.5, 0.6) is 0 Å². The van der Waals surface area contributed by atoms with Gasteiger partial charge in [-0.05, 0) is 19.4 Å². The molecule has 18 heavy (non-hydrogen) atoms. The number of rotatable bonds is 3. The van der Waals surface area contributed by atoms with Gasteiger partial charge in [-0.2, -0.15) is 0 Å². The second-order valence-electron chi connectivity index (χ2n) is 4.98. The number of hydrogen-bond donors (Lipinski definition) is 1. The fourth-order valence-corrected chi connectivity index (χ4v) is 2.40. The summed E-state index contributed by atoms with van der Waals surface area (Å²) in [5.41, 5.74) is 0.0397. The number of likely N-dealkylation sites (tertiary alicyclic amines) is 1. The van der Waals surface area contributed by atoms with Crippen LogP contribution in [-0.2, 0) is 15.0 Å². The maximum Gasteiger partial charge on any atom is 0.240 e. The molecule has 1 aromatic rings. The van der Waals surface area contributed by atoms with Gasteiger partial charge in [-0.3, -0.25) is 14.5 Å². The van der Waals surface area contributed by atoms with Gasteiger partial charge in [0.15, 0.2) is 0 Å². The zero-order valence-corrected chi connectivity index (χ0v) is 10.6. The first kappa shape index (κ1) is 12.8. The summed E-state index contributed by atoms with van der Waals surface area (Å²) in [5, 5.41) is 9.13. The van der Waals surface area contributed by atoms with Gasteiger partial charge < -0.3 is 5.11 Å². The van der Waals surface area contributed by atoms with Crippen molar-refractivity contribution in [2.75, 3.05) is 6.61 Å². The Labute approximate surface area is 106 Å². The van der Waals surface area contributed by atoms with Gasteiger partial charge in [0, 0.05) is 6.42 Å². The summed E-state index contributed by atoms with van der Waals surface area (Å²) in [6.07, 6.45) is 0.167. The van der Waals surface area contributed by atoms with Crippen LogP contribution in [0.25, 0.3) is 0 Å². The van der Waals surface area contributed by atoms with Crippen molar-refractivity contribution < 1.29 is 14.7 Å². The minimum Gasteiger partial charge on any atom is -0.394 e. The van der Waals surface area contributed by atoms with Gasteiger partial charge >= 0.3 is 0 Å². The lowest BCUT2D eigenvalue weighted by Gasteiger charge is -2.25. The third-order valence-corrected chi connectivity index (χ3v) is 3.58. The molecule has 4 heteroatoms. The van der Waals surface area contributed by atoms with E-state index in [9.17, 15) is 9.59 Å². The number of nitrogens with zero attached hydrogens (tertiary/aromatic N) is 1. The molecule has 1 fully saturated rings. The van der Waals surface area contributed by atoms with Crippen molar-refractivity contribution in [1.82, 2.24) is 4.90 Å². The van der Waals surface area contributed by atoms with Crippen molar-refractivity contribution in [3.05, 3.63) is 35.9 Å². The molecule has 0 spiro atoms. The third-order valence-electron chi connectivity index (χ3n) is 3.58. The second kappa shape index (κ2) is 4.53. The van der Waals surface area contributed by atoms with E-state index in [2.05, 4.69) is 0 Å². The third kappa shape index (κ3) is 1.82. The van der Waals surface area contributed by atoms with Gasteiger partial charge in [0.05, 0.1) is 18.1 Å². The highest BCUT2D eigenvalue weighted by molar-refractivity contribution is 6.09. The Morgan fingerprint density at radius 2 is 1.94 bits per heavy atom. The zero-order chi connectivity index (χ0) is 13.3. The topological polar surface area (TPSA) is 57.6 Å². The van der Waals surface area contributed by atoms with Gasteiger partial charge in [-0.15, -0.1) is 0 Å². The average molecular weight is 247 g/mol. The summed E-state index contributed by atoms with van der Waals surface area (Å²) < 4.78 is 0. The molecule has 0 radical (unpaired) electrons. The number of benzene rings is 1. The van der Waals surface area contributed by atoms with E-state index in [0.717, 1.165) is 5.56 Å². The van der Waals surface area contributed by atoms with Crippen LogP contribution in [0, 0.1) is 0 Å². The molecule has 96 valence electrons. The predicted molar refractivity (Wildman–Crippen MR) is 66.8 cm³/mol. The number of imide groups is 1. The Kier molecular flexibility index (Phi) is 3.22. The fraction of sp³-hybridized carbons (Fsp3) is 0.429. The van der Waals surface area contributed by atoms with Crippen molar-refractivity contribution in [3.63, 3.8) is 0 Å². The first-order chi connectivity index (χ1) is 8.50. The van der Waals surface area contributed by atoms with E-state index in [1.54, 1.807) is 13.8 Å². The lowest BCUT2D eigenvalue weighted by atomic mass is 9.81. The number of carbonyl (C=O) groups is 2. The van der Waals surface area contributed by atoms with E-state index in [4.69, 9.17) is 5.11 Å². The number of carbonyl (C=O) groups excluding carboxylic acids is 2. The minimum absolute atomic E-state index is 0.167. The molecule has 0 bridgehead atoms. The van der Waals surface area contributed by atoms with E-state index >= 15 is 0 Å². The van der Waals surface area contributed by atoms with Crippen LogP contribution in [0.2, 0.25) is 0 Å². The van der Waals surface area contributed by atoms with Crippen LogP contribution in [-0.4, -0.2) is 34.5 Å². The summed E-state index contributed by atoms with van der Waals surface area (Å²) in [6, 6.07) is 8.85. The largest absolute Gasteiger partial charge is 0.394 e. The fourth-order valence-electron chi connectivity index (χ4n) is 2.40. The number of hydrogen-bond acceptors (Lipinski definition) is 3. The van der Waals surface area contributed by atoms with Crippen LogP contribution in [0.4, 0.5) is 0 Å². The highest BCUT2D eigenvalue weighted by atomic mass is 16.3. The highest BCUT2D eigenvalue weighted by Crippen LogP contribution is 2.36. The molecule has 1 N–H and O–H groups in total. The molecule has 2 atom stereocenters. The van der Waals surface area contributed by atoms with Crippen molar-refractivity contribution in [2.24, 2.45) is 0 Å². The van der Waals surface area contributed by atoms with Crippen LogP contribution in [0.15, 0.2) is 30.3 Å². The molecule has 1 aromatic carbocycles. The quantitative estimate of drug-likeness (QED) is 0.813. The highest BCUT2D eigenvalue weighted by Gasteiger charge is 2.50. The van der Waals surface area contributed by atoms with Gasteiger partial charge in [0.25, 0.3) is 0 Å². The molecule has 2 rings (SSSR count). The van der Waals surface area contributed by atoms with Crippen molar-refractivity contribution in [3.8, 4) is 0 Å². The number of amides is 2. The second-order valence-corrected chi connectivity index (χ2v) is 4.98. The summed E-state index contributed by atoms with van der Waals surface area (Å²) in [5.74, 6) is -0.437. The first-order valence-electron chi connectivity index (χ1n) is 6.03. The molecule has 0 aromatic heterocycles. The summed E-state index contributed by atoms with van der Waals surface area (Å²) in [7, 11) is 0. The molecule has 4 nitrogen and oxygen atoms in total. The monoisotopic (exact) mass is 247 g/mol. The van der Waals surface area contributed by atoms with Crippen LogP contribution >= 0.6 is 0 Å². The first-order valence-corrected chi connectivity index (χ1v) is 6.03. The molecule has 1 aliphatic rings. The summed E-state index contributed by atoms with van der Waals surface area (Å²) in [6.45, 7) is 3.25. The van der Waals surface area contributed by atoms with E-state index in [-0.39, 0.29) is 24.8 Å². The smallest absolute Gasteiger partial charge is 0.240 e.